The maximum absolute atomic E-state index is 3.88. The van der Waals surface area contributed by atoms with Crippen molar-refractivity contribution in [2.75, 3.05) is 17.3 Å². The van der Waals surface area contributed by atoms with Crippen LogP contribution < -0.4 is 5.32 Å². The minimum absolute atomic E-state index is 0.319. The lowest BCUT2D eigenvalue weighted by molar-refractivity contribution is 0.194. The monoisotopic (exact) mass is 231 g/mol. The first-order valence-corrected chi connectivity index (χ1v) is 7.52. The van der Waals surface area contributed by atoms with Crippen LogP contribution in [0.5, 0.6) is 0 Å². The molecule has 3 heteroatoms. The van der Waals surface area contributed by atoms with Gasteiger partial charge >= 0.3 is 0 Å². The lowest BCUT2D eigenvalue weighted by Gasteiger charge is -2.48. The molecule has 1 nitrogen and oxygen atoms in total. The summed E-state index contributed by atoms with van der Waals surface area (Å²) in [5, 5.41) is 3.88. The van der Waals surface area contributed by atoms with Gasteiger partial charge in [-0.2, -0.15) is 11.8 Å². The Morgan fingerprint density at radius 2 is 1.79 bits per heavy atom. The van der Waals surface area contributed by atoms with Crippen molar-refractivity contribution in [2.24, 2.45) is 5.41 Å². The molecule has 14 heavy (non-hydrogen) atoms. The summed E-state index contributed by atoms with van der Waals surface area (Å²) in [7, 11) is 0. The van der Waals surface area contributed by atoms with Crippen molar-refractivity contribution < 1.29 is 0 Å². The van der Waals surface area contributed by atoms with Crippen molar-refractivity contribution in [3.05, 3.63) is 0 Å². The molecule has 1 unspecified atom stereocenters. The first-order valence-electron chi connectivity index (χ1n) is 5.38. The van der Waals surface area contributed by atoms with E-state index in [0.717, 1.165) is 0 Å². The summed E-state index contributed by atoms with van der Waals surface area (Å²) in [6.45, 7) is 9.50. The van der Waals surface area contributed by atoms with E-state index in [2.05, 4.69) is 56.5 Å². The predicted octanol–water partition coefficient (Wildman–Crippen LogP) is 2.96. The third-order valence-corrected chi connectivity index (χ3v) is 6.96. The fourth-order valence-electron chi connectivity index (χ4n) is 2.31. The second-order valence-corrected chi connectivity index (χ2v) is 8.19. The third-order valence-electron chi connectivity index (χ3n) is 3.49. The highest BCUT2D eigenvalue weighted by Crippen LogP contribution is 2.53. The Kier molecular flexibility index (Phi) is 2.65. The van der Waals surface area contributed by atoms with Gasteiger partial charge in [0, 0.05) is 17.0 Å². The van der Waals surface area contributed by atoms with Gasteiger partial charge in [0.05, 0.1) is 4.87 Å². The zero-order chi connectivity index (χ0) is 10.4. The average Bonchev–Trinajstić information content (AvgIpc) is 2.36. The van der Waals surface area contributed by atoms with E-state index in [-0.39, 0.29) is 0 Å². The Balaban J connectivity index is 2.22. The van der Waals surface area contributed by atoms with E-state index in [1.54, 1.807) is 0 Å². The molecule has 0 aliphatic carbocycles. The Labute approximate surface area is 96.2 Å². The van der Waals surface area contributed by atoms with Crippen LogP contribution in [0.25, 0.3) is 0 Å². The SMILES string of the molecule is CC1(C)CSC2(CSCCC2(C)C)N1. The Hall–Kier alpha value is 0.660. The molecule has 2 saturated heterocycles. The minimum atomic E-state index is 0.319. The molecule has 2 aliphatic rings. The highest BCUT2D eigenvalue weighted by Gasteiger charge is 2.53. The van der Waals surface area contributed by atoms with Gasteiger partial charge in [0.2, 0.25) is 0 Å². The van der Waals surface area contributed by atoms with Gasteiger partial charge in [0.15, 0.2) is 0 Å². The summed E-state index contributed by atoms with van der Waals surface area (Å²) in [5.74, 6) is 3.85. The molecule has 2 fully saturated rings. The van der Waals surface area contributed by atoms with E-state index in [4.69, 9.17) is 0 Å². The lowest BCUT2D eigenvalue weighted by Crippen LogP contribution is -2.58. The van der Waals surface area contributed by atoms with Gasteiger partial charge in [-0.15, -0.1) is 11.8 Å². The number of hydrogen-bond donors (Lipinski definition) is 1. The average molecular weight is 231 g/mol. The van der Waals surface area contributed by atoms with E-state index in [0.29, 0.717) is 15.8 Å². The molecule has 0 bridgehead atoms. The van der Waals surface area contributed by atoms with Gasteiger partial charge in [-0.1, -0.05) is 13.8 Å². The molecule has 0 radical (unpaired) electrons. The molecule has 0 aromatic carbocycles. The van der Waals surface area contributed by atoms with Crippen molar-refractivity contribution in [2.45, 2.75) is 44.5 Å². The number of thioether (sulfide) groups is 2. The summed E-state index contributed by atoms with van der Waals surface area (Å²) in [4.78, 5) is 0.333. The van der Waals surface area contributed by atoms with E-state index in [1.807, 2.05) is 0 Å². The largest absolute Gasteiger partial charge is 0.296 e. The minimum Gasteiger partial charge on any atom is -0.296 e. The van der Waals surface area contributed by atoms with Crippen molar-refractivity contribution in [1.29, 1.82) is 0 Å². The van der Waals surface area contributed by atoms with Gasteiger partial charge in [0.1, 0.15) is 0 Å². The summed E-state index contributed by atoms with van der Waals surface area (Å²) >= 11 is 4.26. The molecule has 2 heterocycles. The molecular formula is C11H21NS2. The first kappa shape index (κ1) is 11.2. The Bertz CT molecular complexity index is 237. The van der Waals surface area contributed by atoms with Gasteiger partial charge < -0.3 is 0 Å². The van der Waals surface area contributed by atoms with Crippen LogP contribution in [0.15, 0.2) is 0 Å². The van der Waals surface area contributed by atoms with Crippen LogP contribution in [-0.4, -0.2) is 27.7 Å². The highest BCUT2D eigenvalue weighted by atomic mass is 32.2. The summed E-state index contributed by atoms with van der Waals surface area (Å²) < 4.78 is 0. The molecule has 0 aromatic rings. The highest BCUT2D eigenvalue weighted by molar-refractivity contribution is 8.04. The predicted molar refractivity (Wildman–Crippen MR) is 68.1 cm³/mol. The van der Waals surface area contributed by atoms with Crippen LogP contribution >= 0.6 is 23.5 Å². The Morgan fingerprint density at radius 3 is 2.29 bits per heavy atom. The van der Waals surface area contributed by atoms with Crippen LogP contribution in [0.3, 0.4) is 0 Å². The second-order valence-electron chi connectivity index (χ2n) is 5.81. The van der Waals surface area contributed by atoms with E-state index in [1.165, 1.54) is 23.7 Å². The van der Waals surface area contributed by atoms with Gasteiger partial charge in [-0.25, -0.2) is 0 Å². The molecule has 2 aliphatic heterocycles. The molecule has 0 aromatic heterocycles. The van der Waals surface area contributed by atoms with Crippen LogP contribution in [0.4, 0.5) is 0 Å². The maximum atomic E-state index is 3.88. The molecule has 1 N–H and O–H groups in total. The quantitative estimate of drug-likeness (QED) is 0.688. The molecule has 1 spiro atoms. The van der Waals surface area contributed by atoms with Crippen LogP contribution in [0, 0.1) is 5.41 Å². The van der Waals surface area contributed by atoms with Gasteiger partial charge in [-0.05, 0) is 31.4 Å². The second kappa shape index (κ2) is 3.33. The van der Waals surface area contributed by atoms with Crippen molar-refractivity contribution in [3.63, 3.8) is 0 Å². The molecule has 0 saturated carbocycles. The first-order chi connectivity index (χ1) is 6.37. The molecule has 2 rings (SSSR count). The summed E-state index contributed by atoms with van der Waals surface area (Å²) in [6, 6.07) is 0. The van der Waals surface area contributed by atoms with Gasteiger partial charge in [-0.3, -0.25) is 5.32 Å². The van der Waals surface area contributed by atoms with E-state index >= 15 is 0 Å². The summed E-state index contributed by atoms with van der Waals surface area (Å²) in [6.07, 6.45) is 1.34. The van der Waals surface area contributed by atoms with Crippen molar-refractivity contribution in [1.82, 2.24) is 5.32 Å². The zero-order valence-corrected chi connectivity index (χ0v) is 11.3. The fraction of sp³-hybridized carbons (Fsp3) is 1.00. The topological polar surface area (TPSA) is 12.0 Å². The normalized spacial score (nSPS) is 40.3. The zero-order valence-electron chi connectivity index (χ0n) is 9.64. The number of hydrogen-bond acceptors (Lipinski definition) is 3. The van der Waals surface area contributed by atoms with E-state index in [9.17, 15) is 0 Å². The van der Waals surface area contributed by atoms with Crippen LogP contribution in [0.2, 0.25) is 0 Å². The maximum Gasteiger partial charge on any atom is 0.0793 e. The van der Waals surface area contributed by atoms with Crippen LogP contribution in [0.1, 0.15) is 34.1 Å². The standard InChI is InChI=1S/C11H21NS2/c1-9(2)5-6-13-8-11(9)12-10(3,4)7-14-11/h12H,5-8H2,1-4H3. The molecule has 82 valence electrons. The number of nitrogens with one attached hydrogen (secondary N) is 1. The fourth-order valence-corrected chi connectivity index (χ4v) is 5.96. The lowest BCUT2D eigenvalue weighted by atomic mass is 9.80. The molecule has 1 atom stereocenters. The third kappa shape index (κ3) is 1.72. The van der Waals surface area contributed by atoms with E-state index < -0.39 is 0 Å². The van der Waals surface area contributed by atoms with Crippen LogP contribution in [-0.2, 0) is 0 Å². The molecular weight excluding hydrogens is 210 g/mol. The Morgan fingerprint density at radius 1 is 1.07 bits per heavy atom. The number of rotatable bonds is 0. The smallest absolute Gasteiger partial charge is 0.0793 e. The summed E-state index contributed by atoms with van der Waals surface area (Å²) in [5.41, 5.74) is 0.760. The molecule has 0 amide bonds. The van der Waals surface area contributed by atoms with Gasteiger partial charge in [0.25, 0.3) is 0 Å². The van der Waals surface area contributed by atoms with Crippen molar-refractivity contribution >= 4 is 23.5 Å². The van der Waals surface area contributed by atoms with Crippen molar-refractivity contribution in [3.8, 4) is 0 Å².